The molecule has 2 rings (SSSR count). The number of rotatable bonds is 4. The summed E-state index contributed by atoms with van der Waals surface area (Å²) in [5.74, 6) is -0.0180. The second-order valence-corrected chi connectivity index (χ2v) is 5.55. The van der Waals surface area contributed by atoms with Crippen molar-refractivity contribution in [1.29, 1.82) is 0 Å². The number of carbonyl (C=O) groups is 1. The van der Waals surface area contributed by atoms with Gasteiger partial charge < -0.3 is 10.6 Å². The summed E-state index contributed by atoms with van der Waals surface area (Å²) in [6.45, 7) is 4.42. The van der Waals surface area contributed by atoms with Crippen LogP contribution in [0.2, 0.25) is 5.02 Å². The first-order chi connectivity index (χ1) is 9.88. The third-order valence-electron chi connectivity index (χ3n) is 3.48. The zero-order valence-corrected chi connectivity index (χ0v) is 13.2. The van der Waals surface area contributed by atoms with Crippen LogP contribution in [0, 0.1) is 13.8 Å². The Bertz CT molecular complexity index is 648. The largest absolute Gasteiger partial charge is 0.396 e. The first-order valence-electron chi connectivity index (χ1n) is 6.66. The van der Waals surface area contributed by atoms with Gasteiger partial charge in [-0.3, -0.25) is 9.48 Å². The quantitative estimate of drug-likeness (QED) is 0.943. The van der Waals surface area contributed by atoms with E-state index in [2.05, 4.69) is 5.10 Å². The van der Waals surface area contributed by atoms with Gasteiger partial charge in [0.1, 0.15) is 6.54 Å². The van der Waals surface area contributed by atoms with Gasteiger partial charge in [-0.1, -0.05) is 23.7 Å². The van der Waals surface area contributed by atoms with Crippen LogP contribution in [0.4, 0.5) is 5.69 Å². The smallest absolute Gasteiger partial charge is 0.244 e. The number of anilines is 1. The average Bonchev–Trinajstić information content (AvgIpc) is 2.69. The fourth-order valence-corrected chi connectivity index (χ4v) is 2.19. The average molecular weight is 307 g/mol. The number of carbonyl (C=O) groups excluding carboxylic acids is 1. The molecule has 0 unspecified atom stereocenters. The van der Waals surface area contributed by atoms with Crippen LogP contribution < -0.4 is 5.73 Å². The molecule has 0 fully saturated rings. The second kappa shape index (κ2) is 6.18. The summed E-state index contributed by atoms with van der Waals surface area (Å²) in [5, 5.41) is 4.96. The molecule has 2 aromatic rings. The van der Waals surface area contributed by atoms with Crippen LogP contribution in [-0.4, -0.2) is 27.6 Å². The van der Waals surface area contributed by atoms with Crippen molar-refractivity contribution < 1.29 is 4.79 Å². The summed E-state index contributed by atoms with van der Waals surface area (Å²) < 4.78 is 1.64. The summed E-state index contributed by atoms with van der Waals surface area (Å²) in [6, 6.07) is 7.45. The Morgan fingerprint density at radius 1 is 1.33 bits per heavy atom. The topological polar surface area (TPSA) is 64.2 Å². The van der Waals surface area contributed by atoms with Gasteiger partial charge in [0.2, 0.25) is 5.91 Å². The minimum atomic E-state index is -0.0180. The zero-order chi connectivity index (χ0) is 15.6. The molecule has 1 aromatic heterocycles. The molecule has 0 spiro atoms. The molecule has 2 N–H and O–H groups in total. The summed E-state index contributed by atoms with van der Waals surface area (Å²) >= 11 is 5.85. The fourth-order valence-electron chi connectivity index (χ4n) is 2.07. The van der Waals surface area contributed by atoms with Crippen molar-refractivity contribution in [2.45, 2.75) is 26.9 Å². The molecule has 0 radical (unpaired) electrons. The van der Waals surface area contributed by atoms with Gasteiger partial charge in [0.05, 0.1) is 17.1 Å². The first kappa shape index (κ1) is 15.4. The lowest BCUT2D eigenvalue weighted by molar-refractivity contribution is -0.131. The van der Waals surface area contributed by atoms with E-state index in [0.717, 1.165) is 17.0 Å². The molecular formula is C15H19ClN4O. The normalized spacial score (nSPS) is 10.7. The number of nitrogen functional groups attached to an aromatic ring is 1. The van der Waals surface area contributed by atoms with Gasteiger partial charge in [0.15, 0.2) is 0 Å². The molecule has 112 valence electrons. The Kier molecular flexibility index (Phi) is 4.53. The Morgan fingerprint density at radius 2 is 1.95 bits per heavy atom. The molecule has 0 saturated carbocycles. The Balaban J connectivity index is 2.02. The number of halogens is 1. The molecule has 0 saturated heterocycles. The van der Waals surface area contributed by atoms with Crippen molar-refractivity contribution in [3.63, 3.8) is 0 Å². The molecule has 1 aromatic carbocycles. The maximum atomic E-state index is 12.3. The number of nitrogens with two attached hydrogens (primary N) is 1. The maximum absolute atomic E-state index is 12.3. The SMILES string of the molecule is Cc1nn(CC(=O)N(C)Cc2ccc(Cl)cc2)c(C)c1N. The molecule has 6 heteroatoms. The predicted molar refractivity (Wildman–Crippen MR) is 84.0 cm³/mol. The molecule has 0 aliphatic rings. The van der Waals surface area contributed by atoms with Crippen molar-refractivity contribution in [3.05, 3.63) is 46.2 Å². The van der Waals surface area contributed by atoms with Gasteiger partial charge in [0.25, 0.3) is 0 Å². The number of aryl methyl sites for hydroxylation is 1. The van der Waals surface area contributed by atoms with E-state index in [1.165, 1.54) is 0 Å². The number of hydrogen-bond donors (Lipinski definition) is 1. The molecule has 21 heavy (non-hydrogen) atoms. The minimum absolute atomic E-state index is 0.0180. The van der Waals surface area contributed by atoms with E-state index in [0.29, 0.717) is 17.3 Å². The first-order valence-corrected chi connectivity index (χ1v) is 7.04. The number of hydrogen-bond acceptors (Lipinski definition) is 3. The van der Waals surface area contributed by atoms with E-state index in [-0.39, 0.29) is 12.5 Å². The van der Waals surface area contributed by atoms with Crippen LogP contribution in [0.1, 0.15) is 17.0 Å². The highest BCUT2D eigenvalue weighted by molar-refractivity contribution is 6.30. The van der Waals surface area contributed by atoms with Gasteiger partial charge in [0, 0.05) is 18.6 Å². The maximum Gasteiger partial charge on any atom is 0.244 e. The third-order valence-corrected chi connectivity index (χ3v) is 3.73. The Hall–Kier alpha value is -2.01. The van der Waals surface area contributed by atoms with Crippen LogP contribution in [0.5, 0.6) is 0 Å². The minimum Gasteiger partial charge on any atom is -0.396 e. The number of aromatic nitrogens is 2. The lowest BCUT2D eigenvalue weighted by Crippen LogP contribution is -2.30. The highest BCUT2D eigenvalue weighted by Crippen LogP contribution is 2.15. The monoisotopic (exact) mass is 306 g/mol. The molecule has 5 nitrogen and oxygen atoms in total. The van der Waals surface area contributed by atoms with Crippen molar-refractivity contribution in [2.24, 2.45) is 0 Å². The number of benzene rings is 1. The summed E-state index contributed by atoms with van der Waals surface area (Å²) in [5.41, 5.74) is 9.11. The molecule has 1 heterocycles. The van der Waals surface area contributed by atoms with Crippen LogP contribution in [-0.2, 0) is 17.9 Å². The van der Waals surface area contributed by atoms with E-state index in [1.54, 1.807) is 16.6 Å². The Labute approximate surface area is 129 Å². The van der Waals surface area contributed by atoms with Crippen LogP contribution in [0.3, 0.4) is 0 Å². The van der Waals surface area contributed by atoms with Crippen LogP contribution in [0.25, 0.3) is 0 Å². The van der Waals surface area contributed by atoms with E-state index < -0.39 is 0 Å². The van der Waals surface area contributed by atoms with E-state index in [4.69, 9.17) is 17.3 Å². The Morgan fingerprint density at radius 3 is 2.48 bits per heavy atom. The predicted octanol–water partition coefficient (Wildman–Crippen LogP) is 2.39. The standard InChI is InChI=1S/C15H19ClN4O/c1-10-15(17)11(2)20(18-10)9-14(21)19(3)8-12-4-6-13(16)7-5-12/h4-7H,8-9,17H2,1-3H3. The lowest BCUT2D eigenvalue weighted by Gasteiger charge is -2.17. The highest BCUT2D eigenvalue weighted by Gasteiger charge is 2.14. The molecule has 0 bridgehead atoms. The molecule has 1 amide bonds. The summed E-state index contributed by atoms with van der Waals surface area (Å²) in [7, 11) is 1.77. The van der Waals surface area contributed by atoms with Crippen molar-refractivity contribution in [3.8, 4) is 0 Å². The zero-order valence-electron chi connectivity index (χ0n) is 12.4. The van der Waals surface area contributed by atoms with Gasteiger partial charge in [-0.2, -0.15) is 5.10 Å². The highest BCUT2D eigenvalue weighted by atomic mass is 35.5. The fraction of sp³-hybridized carbons (Fsp3) is 0.333. The van der Waals surface area contributed by atoms with Gasteiger partial charge in [-0.05, 0) is 31.5 Å². The second-order valence-electron chi connectivity index (χ2n) is 5.12. The number of amides is 1. The lowest BCUT2D eigenvalue weighted by atomic mass is 10.2. The number of likely N-dealkylation sites (N-methyl/N-ethyl adjacent to an activating group) is 1. The summed E-state index contributed by atoms with van der Waals surface area (Å²) in [4.78, 5) is 13.9. The van der Waals surface area contributed by atoms with E-state index in [1.807, 2.05) is 38.1 Å². The van der Waals surface area contributed by atoms with Crippen LogP contribution in [0.15, 0.2) is 24.3 Å². The van der Waals surface area contributed by atoms with Crippen molar-refractivity contribution in [2.75, 3.05) is 12.8 Å². The molecule has 0 aliphatic carbocycles. The molecular weight excluding hydrogens is 288 g/mol. The van der Waals surface area contributed by atoms with Crippen molar-refractivity contribution in [1.82, 2.24) is 14.7 Å². The van der Waals surface area contributed by atoms with E-state index >= 15 is 0 Å². The molecule has 0 aliphatic heterocycles. The number of nitrogens with zero attached hydrogens (tertiary/aromatic N) is 3. The third kappa shape index (κ3) is 3.55. The van der Waals surface area contributed by atoms with Crippen LogP contribution >= 0.6 is 11.6 Å². The van der Waals surface area contributed by atoms with Crippen molar-refractivity contribution >= 4 is 23.2 Å². The van der Waals surface area contributed by atoms with Gasteiger partial charge in [-0.25, -0.2) is 0 Å². The van der Waals surface area contributed by atoms with E-state index in [9.17, 15) is 4.79 Å². The van der Waals surface area contributed by atoms with Gasteiger partial charge in [-0.15, -0.1) is 0 Å². The van der Waals surface area contributed by atoms with Gasteiger partial charge >= 0.3 is 0 Å². The summed E-state index contributed by atoms with van der Waals surface area (Å²) in [6.07, 6.45) is 0. The molecule has 0 atom stereocenters.